The number of nitrogens with zero attached hydrogens (tertiary/aromatic N) is 1. The van der Waals surface area contributed by atoms with Gasteiger partial charge in [-0.2, -0.15) is 0 Å². The molecule has 0 radical (unpaired) electrons. The van der Waals surface area contributed by atoms with Gasteiger partial charge >= 0.3 is 0 Å². The third kappa shape index (κ3) is 4.35. The van der Waals surface area contributed by atoms with Gasteiger partial charge in [0, 0.05) is 17.3 Å². The molecule has 1 atom stereocenters. The molecule has 1 aromatic rings. The number of nitrogen functional groups attached to an aromatic ring is 1. The van der Waals surface area contributed by atoms with Gasteiger partial charge < -0.3 is 11.1 Å². The van der Waals surface area contributed by atoms with Gasteiger partial charge in [0.15, 0.2) is 0 Å². The smallest absolute Gasteiger partial charge is 0.251 e. The summed E-state index contributed by atoms with van der Waals surface area (Å²) in [4.78, 5) is 16.2. The van der Waals surface area contributed by atoms with Crippen LogP contribution in [-0.4, -0.2) is 16.9 Å². The van der Waals surface area contributed by atoms with Crippen molar-refractivity contribution in [3.63, 3.8) is 0 Å². The van der Waals surface area contributed by atoms with Crippen molar-refractivity contribution in [1.82, 2.24) is 10.3 Å². The molecule has 100 valence electrons. The average molecular weight is 249 g/mol. The number of anilines is 1. The van der Waals surface area contributed by atoms with Crippen LogP contribution >= 0.6 is 0 Å². The van der Waals surface area contributed by atoms with Gasteiger partial charge in [-0.1, -0.05) is 20.8 Å². The summed E-state index contributed by atoms with van der Waals surface area (Å²) in [7, 11) is 0. The number of pyridine rings is 1. The summed E-state index contributed by atoms with van der Waals surface area (Å²) in [5.74, 6) is 0.886. The van der Waals surface area contributed by atoms with E-state index in [2.05, 4.69) is 24.1 Å². The molecule has 0 aliphatic heterocycles. The van der Waals surface area contributed by atoms with Crippen LogP contribution in [0.25, 0.3) is 0 Å². The monoisotopic (exact) mass is 249 g/mol. The fourth-order valence-corrected chi connectivity index (χ4v) is 2.00. The topological polar surface area (TPSA) is 68.0 Å². The number of carbonyl (C=O) groups is 1. The molecule has 1 aromatic heterocycles. The van der Waals surface area contributed by atoms with Crippen LogP contribution in [0.4, 0.5) is 5.82 Å². The molecule has 0 fully saturated rings. The Morgan fingerprint density at radius 3 is 2.61 bits per heavy atom. The molecule has 0 saturated carbocycles. The lowest BCUT2D eigenvalue weighted by molar-refractivity contribution is 0.0936. The van der Waals surface area contributed by atoms with E-state index in [1.807, 2.05) is 13.8 Å². The van der Waals surface area contributed by atoms with E-state index in [0.717, 1.165) is 18.5 Å². The van der Waals surface area contributed by atoms with Crippen LogP contribution in [0.2, 0.25) is 0 Å². The third-order valence-corrected chi connectivity index (χ3v) is 2.73. The zero-order valence-electron chi connectivity index (χ0n) is 11.7. The van der Waals surface area contributed by atoms with Crippen molar-refractivity contribution in [2.75, 3.05) is 5.73 Å². The Labute approximate surface area is 109 Å². The molecular formula is C14H23N3O. The second kappa shape index (κ2) is 6.38. The van der Waals surface area contributed by atoms with E-state index in [0.29, 0.717) is 17.3 Å². The summed E-state index contributed by atoms with van der Waals surface area (Å²) in [6.07, 6.45) is 1.74. The molecule has 0 saturated heterocycles. The lowest BCUT2D eigenvalue weighted by Gasteiger charge is -2.16. The van der Waals surface area contributed by atoms with Crippen LogP contribution in [0.1, 0.15) is 50.2 Å². The molecule has 4 nitrogen and oxygen atoms in total. The Kier molecular flexibility index (Phi) is 5.13. The fraction of sp³-hybridized carbons (Fsp3) is 0.571. The number of aryl methyl sites for hydroxylation is 1. The Balaban J connectivity index is 2.74. The van der Waals surface area contributed by atoms with Crippen molar-refractivity contribution >= 4 is 11.7 Å². The minimum absolute atomic E-state index is 0.0769. The Hall–Kier alpha value is -1.58. The van der Waals surface area contributed by atoms with Gasteiger partial charge in [-0.15, -0.1) is 0 Å². The van der Waals surface area contributed by atoms with Crippen molar-refractivity contribution in [1.29, 1.82) is 0 Å². The quantitative estimate of drug-likeness (QED) is 0.842. The van der Waals surface area contributed by atoms with Gasteiger partial charge in [0.25, 0.3) is 5.91 Å². The normalized spacial score (nSPS) is 12.5. The second-order valence-corrected chi connectivity index (χ2v) is 5.13. The number of amides is 1. The maximum atomic E-state index is 12.1. The Bertz CT molecular complexity index is 416. The van der Waals surface area contributed by atoms with Crippen molar-refractivity contribution in [2.45, 2.75) is 46.6 Å². The van der Waals surface area contributed by atoms with Crippen molar-refractivity contribution in [3.8, 4) is 0 Å². The highest BCUT2D eigenvalue weighted by atomic mass is 16.1. The predicted octanol–water partition coefficient (Wildman–Crippen LogP) is 2.39. The van der Waals surface area contributed by atoms with Crippen LogP contribution in [0, 0.1) is 5.92 Å². The summed E-state index contributed by atoms with van der Waals surface area (Å²) in [5, 5.41) is 2.98. The van der Waals surface area contributed by atoms with Gasteiger partial charge in [0.05, 0.1) is 0 Å². The molecule has 1 amide bonds. The number of aromatic nitrogens is 1. The number of rotatable bonds is 5. The lowest BCUT2D eigenvalue weighted by Crippen LogP contribution is -2.33. The first-order valence-electron chi connectivity index (χ1n) is 6.49. The maximum absolute atomic E-state index is 12.1. The molecular weight excluding hydrogens is 226 g/mol. The summed E-state index contributed by atoms with van der Waals surface area (Å²) >= 11 is 0. The highest BCUT2D eigenvalue weighted by Gasteiger charge is 2.12. The van der Waals surface area contributed by atoms with Crippen LogP contribution in [0.15, 0.2) is 12.1 Å². The predicted molar refractivity (Wildman–Crippen MR) is 74.4 cm³/mol. The van der Waals surface area contributed by atoms with E-state index in [-0.39, 0.29) is 11.9 Å². The molecule has 0 bridgehead atoms. The zero-order chi connectivity index (χ0) is 13.7. The first-order valence-corrected chi connectivity index (χ1v) is 6.49. The summed E-state index contributed by atoms with van der Waals surface area (Å²) in [6, 6.07) is 3.58. The Morgan fingerprint density at radius 1 is 1.39 bits per heavy atom. The molecule has 3 N–H and O–H groups in total. The largest absolute Gasteiger partial charge is 0.384 e. The van der Waals surface area contributed by atoms with Crippen LogP contribution in [-0.2, 0) is 6.42 Å². The van der Waals surface area contributed by atoms with Gasteiger partial charge in [-0.05, 0) is 37.8 Å². The lowest BCUT2D eigenvalue weighted by atomic mass is 10.0. The number of carbonyl (C=O) groups excluding carboxylic acids is 1. The van der Waals surface area contributed by atoms with Crippen LogP contribution in [0.3, 0.4) is 0 Å². The molecule has 0 aromatic carbocycles. The average Bonchev–Trinajstić information content (AvgIpc) is 2.26. The summed E-state index contributed by atoms with van der Waals surface area (Å²) in [6.45, 7) is 8.29. The van der Waals surface area contributed by atoms with E-state index in [1.165, 1.54) is 0 Å². The van der Waals surface area contributed by atoms with Gasteiger partial charge in [-0.25, -0.2) is 4.98 Å². The van der Waals surface area contributed by atoms with E-state index in [9.17, 15) is 4.79 Å². The van der Waals surface area contributed by atoms with E-state index >= 15 is 0 Å². The van der Waals surface area contributed by atoms with Gasteiger partial charge in [0.1, 0.15) is 5.82 Å². The highest BCUT2D eigenvalue weighted by molar-refractivity contribution is 5.95. The van der Waals surface area contributed by atoms with E-state index in [1.54, 1.807) is 12.1 Å². The standard InChI is InChI=1S/C14H23N3O/c1-5-12-7-11(8-13(15)17-12)14(18)16-10(4)6-9(2)3/h7-10H,5-6H2,1-4H3,(H2,15,17)(H,16,18). The molecule has 1 heterocycles. The minimum Gasteiger partial charge on any atom is -0.384 e. The van der Waals surface area contributed by atoms with E-state index < -0.39 is 0 Å². The Morgan fingerprint density at radius 2 is 2.06 bits per heavy atom. The van der Waals surface area contributed by atoms with Crippen molar-refractivity contribution in [2.24, 2.45) is 5.92 Å². The number of hydrogen-bond acceptors (Lipinski definition) is 3. The third-order valence-electron chi connectivity index (χ3n) is 2.73. The van der Waals surface area contributed by atoms with Crippen LogP contribution in [0.5, 0.6) is 0 Å². The molecule has 18 heavy (non-hydrogen) atoms. The number of nitrogens with two attached hydrogens (primary N) is 1. The fourth-order valence-electron chi connectivity index (χ4n) is 2.00. The van der Waals surface area contributed by atoms with E-state index in [4.69, 9.17) is 5.73 Å². The van der Waals surface area contributed by atoms with Crippen molar-refractivity contribution < 1.29 is 4.79 Å². The van der Waals surface area contributed by atoms with Gasteiger partial charge in [-0.3, -0.25) is 4.79 Å². The number of hydrogen-bond donors (Lipinski definition) is 2. The summed E-state index contributed by atoms with van der Waals surface area (Å²) in [5.41, 5.74) is 7.13. The van der Waals surface area contributed by atoms with Gasteiger partial charge in [0.2, 0.25) is 0 Å². The second-order valence-electron chi connectivity index (χ2n) is 5.13. The zero-order valence-corrected chi connectivity index (χ0v) is 11.7. The van der Waals surface area contributed by atoms with Crippen molar-refractivity contribution in [3.05, 3.63) is 23.4 Å². The first-order chi connectivity index (χ1) is 8.42. The molecule has 1 rings (SSSR count). The maximum Gasteiger partial charge on any atom is 0.251 e. The molecule has 4 heteroatoms. The first kappa shape index (κ1) is 14.5. The highest BCUT2D eigenvalue weighted by Crippen LogP contribution is 2.10. The summed E-state index contributed by atoms with van der Waals surface area (Å²) < 4.78 is 0. The SMILES string of the molecule is CCc1cc(C(=O)NC(C)CC(C)C)cc(N)n1. The molecule has 0 aliphatic rings. The van der Waals surface area contributed by atoms with Crippen LogP contribution < -0.4 is 11.1 Å². The molecule has 0 aliphatic carbocycles. The number of nitrogens with one attached hydrogen (secondary N) is 1. The minimum atomic E-state index is -0.0769. The molecule has 1 unspecified atom stereocenters. The molecule has 0 spiro atoms.